The fraction of sp³-hybridized carbons (Fsp3) is 0.833. The summed E-state index contributed by atoms with van der Waals surface area (Å²) in [5.41, 5.74) is 1.58. The Morgan fingerprint density at radius 1 is 1.54 bits per heavy atom. The molecular weight excluding hydrogens is 160 g/mol. The van der Waals surface area contributed by atoms with E-state index < -0.39 is 0 Å². The molecule has 0 radical (unpaired) electrons. The second-order valence-corrected chi connectivity index (χ2v) is 4.33. The molecule has 2 unspecified atom stereocenters. The van der Waals surface area contributed by atoms with Crippen molar-refractivity contribution < 1.29 is 4.74 Å². The van der Waals surface area contributed by atoms with Gasteiger partial charge in [-0.25, -0.2) is 0 Å². The van der Waals surface area contributed by atoms with Crippen LogP contribution in [0.3, 0.4) is 0 Å². The zero-order valence-electron chi connectivity index (χ0n) is 9.34. The van der Waals surface area contributed by atoms with Crippen LogP contribution in [0, 0.1) is 11.8 Å². The summed E-state index contributed by atoms with van der Waals surface area (Å²) in [7, 11) is 0. The van der Waals surface area contributed by atoms with Crippen molar-refractivity contribution in [2.75, 3.05) is 6.61 Å². The molecule has 1 aliphatic rings. The molecule has 0 aromatic rings. The Labute approximate surface area is 82.2 Å². The predicted molar refractivity (Wildman–Crippen MR) is 56.7 cm³/mol. The van der Waals surface area contributed by atoms with Crippen molar-refractivity contribution >= 4 is 0 Å². The van der Waals surface area contributed by atoms with Crippen LogP contribution in [-0.2, 0) is 4.74 Å². The smallest absolute Gasteiger partial charge is 0.0783 e. The van der Waals surface area contributed by atoms with Gasteiger partial charge in [0.15, 0.2) is 0 Å². The lowest BCUT2D eigenvalue weighted by molar-refractivity contribution is 0.0505. The molecule has 0 bridgehead atoms. The van der Waals surface area contributed by atoms with E-state index >= 15 is 0 Å². The molecule has 0 aromatic carbocycles. The highest BCUT2D eigenvalue weighted by atomic mass is 16.5. The average molecular weight is 182 g/mol. The second kappa shape index (κ2) is 4.80. The average Bonchev–Trinajstić information content (AvgIpc) is 2.08. The van der Waals surface area contributed by atoms with Crippen LogP contribution in [0.15, 0.2) is 11.6 Å². The highest BCUT2D eigenvalue weighted by Crippen LogP contribution is 2.29. The lowest BCUT2D eigenvalue weighted by Gasteiger charge is -2.28. The SMILES string of the molecule is CCOC1C=C(C(C)C)CCC1C. The van der Waals surface area contributed by atoms with E-state index in [2.05, 4.69) is 33.8 Å². The van der Waals surface area contributed by atoms with Crippen molar-refractivity contribution in [1.29, 1.82) is 0 Å². The summed E-state index contributed by atoms with van der Waals surface area (Å²) in [4.78, 5) is 0. The Hall–Kier alpha value is -0.300. The molecule has 0 saturated heterocycles. The Balaban J connectivity index is 2.63. The topological polar surface area (TPSA) is 9.23 Å². The standard InChI is InChI=1S/C12H22O/c1-5-13-12-8-11(9(2)3)7-6-10(12)4/h8-10,12H,5-7H2,1-4H3. The van der Waals surface area contributed by atoms with Crippen molar-refractivity contribution in [3.05, 3.63) is 11.6 Å². The van der Waals surface area contributed by atoms with Crippen LogP contribution in [0.25, 0.3) is 0 Å². The molecule has 1 rings (SSSR count). The summed E-state index contributed by atoms with van der Waals surface area (Å²) >= 11 is 0. The van der Waals surface area contributed by atoms with E-state index in [1.165, 1.54) is 12.8 Å². The summed E-state index contributed by atoms with van der Waals surface area (Å²) in [6, 6.07) is 0. The van der Waals surface area contributed by atoms with Gasteiger partial charge in [-0.15, -0.1) is 0 Å². The van der Waals surface area contributed by atoms with Gasteiger partial charge in [0.1, 0.15) is 0 Å². The first kappa shape index (κ1) is 10.8. The summed E-state index contributed by atoms with van der Waals surface area (Å²) in [5, 5.41) is 0. The van der Waals surface area contributed by atoms with Crippen LogP contribution in [-0.4, -0.2) is 12.7 Å². The fourth-order valence-corrected chi connectivity index (χ4v) is 1.90. The normalized spacial score (nSPS) is 29.2. The molecule has 2 atom stereocenters. The molecule has 0 spiro atoms. The van der Waals surface area contributed by atoms with Gasteiger partial charge in [0, 0.05) is 6.61 Å². The van der Waals surface area contributed by atoms with Gasteiger partial charge in [0.2, 0.25) is 0 Å². The predicted octanol–water partition coefficient (Wildman–Crippen LogP) is 3.40. The lowest BCUT2D eigenvalue weighted by Crippen LogP contribution is -2.24. The summed E-state index contributed by atoms with van der Waals surface area (Å²) in [6.45, 7) is 9.73. The van der Waals surface area contributed by atoms with E-state index in [4.69, 9.17) is 4.74 Å². The number of allylic oxidation sites excluding steroid dienone is 1. The van der Waals surface area contributed by atoms with Crippen LogP contribution in [0.4, 0.5) is 0 Å². The third kappa shape index (κ3) is 2.84. The molecule has 1 heteroatoms. The maximum atomic E-state index is 5.70. The van der Waals surface area contributed by atoms with Crippen LogP contribution < -0.4 is 0 Å². The molecule has 0 N–H and O–H groups in total. The van der Waals surface area contributed by atoms with Gasteiger partial charge in [-0.2, -0.15) is 0 Å². The van der Waals surface area contributed by atoms with E-state index in [9.17, 15) is 0 Å². The van der Waals surface area contributed by atoms with Gasteiger partial charge in [-0.3, -0.25) is 0 Å². The van der Waals surface area contributed by atoms with E-state index in [1.807, 2.05) is 0 Å². The third-order valence-corrected chi connectivity index (χ3v) is 2.93. The number of ether oxygens (including phenoxy) is 1. The third-order valence-electron chi connectivity index (χ3n) is 2.93. The van der Waals surface area contributed by atoms with Gasteiger partial charge in [-0.05, 0) is 31.6 Å². The van der Waals surface area contributed by atoms with Gasteiger partial charge in [0.25, 0.3) is 0 Å². The van der Waals surface area contributed by atoms with Crippen molar-refractivity contribution in [1.82, 2.24) is 0 Å². The Kier molecular flexibility index (Phi) is 3.98. The van der Waals surface area contributed by atoms with Crippen LogP contribution in [0.2, 0.25) is 0 Å². The van der Waals surface area contributed by atoms with Crippen molar-refractivity contribution in [2.45, 2.75) is 46.6 Å². The number of rotatable bonds is 3. The molecule has 0 saturated carbocycles. The van der Waals surface area contributed by atoms with Gasteiger partial charge in [0.05, 0.1) is 6.10 Å². The molecule has 0 aliphatic heterocycles. The van der Waals surface area contributed by atoms with E-state index in [0.717, 1.165) is 6.61 Å². The van der Waals surface area contributed by atoms with Gasteiger partial charge < -0.3 is 4.74 Å². The van der Waals surface area contributed by atoms with Crippen molar-refractivity contribution in [2.24, 2.45) is 11.8 Å². The minimum absolute atomic E-state index is 0.371. The van der Waals surface area contributed by atoms with Crippen LogP contribution >= 0.6 is 0 Å². The van der Waals surface area contributed by atoms with E-state index in [-0.39, 0.29) is 0 Å². The minimum Gasteiger partial charge on any atom is -0.374 e. The molecule has 1 aliphatic carbocycles. The Bertz CT molecular complexity index is 182. The zero-order valence-corrected chi connectivity index (χ0v) is 9.34. The molecule has 1 nitrogen and oxygen atoms in total. The summed E-state index contributed by atoms with van der Waals surface area (Å²) in [6.07, 6.45) is 5.27. The monoisotopic (exact) mass is 182 g/mol. The first-order valence-corrected chi connectivity index (χ1v) is 5.47. The molecule has 0 amide bonds. The largest absolute Gasteiger partial charge is 0.374 e. The van der Waals surface area contributed by atoms with Crippen molar-refractivity contribution in [3.63, 3.8) is 0 Å². The zero-order chi connectivity index (χ0) is 9.84. The van der Waals surface area contributed by atoms with E-state index in [1.54, 1.807) is 5.57 Å². The van der Waals surface area contributed by atoms with Crippen LogP contribution in [0.5, 0.6) is 0 Å². The molecule has 13 heavy (non-hydrogen) atoms. The molecule has 0 aromatic heterocycles. The minimum atomic E-state index is 0.371. The first-order valence-electron chi connectivity index (χ1n) is 5.47. The maximum Gasteiger partial charge on any atom is 0.0783 e. The fourth-order valence-electron chi connectivity index (χ4n) is 1.90. The molecule has 0 fully saturated rings. The summed E-state index contributed by atoms with van der Waals surface area (Å²) in [5.74, 6) is 1.39. The Morgan fingerprint density at radius 2 is 2.23 bits per heavy atom. The maximum absolute atomic E-state index is 5.70. The quantitative estimate of drug-likeness (QED) is 0.608. The lowest BCUT2D eigenvalue weighted by atomic mass is 9.84. The highest BCUT2D eigenvalue weighted by Gasteiger charge is 2.22. The van der Waals surface area contributed by atoms with Crippen molar-refractivity contribution in [3.8, 4) is 0 Å². The van der Waals surface area contributed by atoms with Crippen LogP contribution in [0.1, 0.15) is 40.5 Å². The van der Waals surface area contributed by atoms with Gasteiger partial charge >= 0.3 is 0 Å². The summed E-state index contributed by atoms with van der Waals surface area (Å²) < 4.78 is 5.70. The van der Waals surface area contributed by atoms with E-state index in [0.29, 0.717) is 17.9 Å². The van der Waals surface area contributed by atoms with Gasteiger partial charge in [-0.1, -0.05) is 32.4 Å². The molecular formula is C12H22O. The Morgan fingerprint density at radius 3 is 2.77 bits per heavy atom. The highest BCUT2D eigenvalue weighted by molar-refractivity contribution is 5.12. The molecule has 0 heterocycles. The number of hydrogen-bond acceptors (Lipinski definition) is 1. The first-order chi connectivity index (χ1) is 6.15. The second-order valence-electron chi connectivity index (χ2n) is 4.33. The molecule has 76 valence electrons. The number of hydrogen-bond donors (Lipinski definition) is 0.